The Kier molecular flexibility index (Phi) is 5.72. The molecule has 11 heteroatoms. The normalized spacial score (nSPS) is 26.2. The van der Waals surface area contributed by atoms with Gasteiger partial charge in [0.25, 0.3) is 5.69 Å². The van der Waals surface area contributed by atoms with Crippen molar-refractivity contribution in [2.75, 3.05) is 4.90 Å². The van der Waals surface area contributed by atoms with Gasteiger partial charge in [-0.3, -0.25) is 29.3 Å². The minimum atomic E-state index is -1.00. The number of Topliss-reactive ketones (excluding diaryl/α,β-unsaturated/α-hetero) is 1. The monoisotopic (exact) mass is 592 g/mol. The number of imide groups is 1. The average molecular weight is 593 g/mol. The summed E-state index contributed by atoms with van der Waals surface area (Å²) in [5.41, 5.74) is 0.665. The first-order valence-electron chi connectivity index (χ1n) is 12.1. The lowest BCUT2D eigenvalue weighted by atomic mass is 9.59. The van der Waals surface area contributed by atoms with Gasteiger partial charge in [-0.25, -0.2) is 9.29 Å². The molecule has 1 N–H and O–H groups in total. The summed E-state index contributed by atoms with van der Waals surface area (Å²) in [7, 11) is 0. The van der Waals surface area contributed by atoms with Crippen molar-refractivity contribution < 1.29 is 33.6 Å². The number of aromatic hydroxyl groups is 1. The number of phenolic OH excluding ortho intramolecular Hbond substituents is 1. The third kappa shape index (κ3) is 3.63. The van der Waals surface area contributed by atoms with E-state index in [4.69, 9.17) is 0 Å². The molecule has 4 aliphatic rings. The first-order chi connectivity index (χ1) is 18.6. The molecule has 0 unspecified atom stereocenters. The summed E-state index contributed by atoms with van der Waals surface area (Å²) in [6, 6.07) is 9.15. The Balaban J connectivity index is 1.49. The number of amides is 2. The second kappa shape index (κ2) is 8.91. The van der Waals surface area contributed by atoms with E-state index in [0.717, 1.165) is 23.1 Å². The van der Waals surface area contributed by atoms with Crippen molar-refractivity contribution in [3.8, 4) is 5.75 Å². The number of allylic oxidation sites excluding steroid dienone is 6. The number of nitro benzene ring substituents is 1. The number of nitrogens with zero attached hydrogens (tertiary/aromatic N) is 2. The summed E-state index contributed by atoms with van der Waals surface area (Å²) < 4.78 is 14.5. The Hall–Kier alpha value is -4.25. The SMILES string of the molecule is O=C1C=C(Br)C(=O)C2=C1[C@@H](c1cccc(F)c1O)C1=CC[C@@H]3C(=O)N(c4cccc([N+](=O)[O-])c4)C(=O)[C@@H]3[C@@H]1C2. The number of nitro groups is 1. The van der Waals surface area contributed by atoms with Crippen LogP contribution in [0.4, 0.5) is 15.8 Å². The minimum absolute atomic E-state index is 0.00970. The molecular weight excluding hydrogens is 575 g/mol. The van der Waals surface area contributed by atoms with Gasteiger partial charge in [0.15, 0.2) is 23.1 Å². The first-order valence-corrected chi connectivity index (χ1v) is 12.9. The van der Waals surface area contributed by atoms with E-state index in [1.807, 2.05) is 0 Å². The van der Waals surface area contributed by atoms with E-state index in [1.165, 1.54) is 30.3 Å². The van der Waals surface area contributed by atoms with Crippen LogP contribution in [0.3, 0.4) is 0 Å². The third-order valence-corrected chi connectivity index (χ3v) is 8.55. The van der Waals surface area contributed by atoms with Gasteiger partial charge in [0.1, 0.15) is 0 Å². The zero-order valence-corrected chi connectivity index (χ0v) is 21.6. The molecule has 39 heavy (non-hydrogen) atoms. The van der Waals surface area contributed by atoms with Gasteiger partial charge in [0.05, 0.1) is 26.9 Å². The van der Waals surface area contributed by atoms with Crippen LogP contribution < -0.4 is 4.90 Å². The summed E-state index contributed by atoms with van der Waals surface area (Å²) in [4.78, 5) is 65.4. The van der Waals surface area contributed by atoms with Gasteiger partial charge in [0, 0.05) is 40.8 Å². The second-order valence-electron chi connectivity index (χ2n) is 9.86. The lowest BCUT2D eigenvalue weighted by Crippen LogP contribution is -2.39. The smallest absolute Gasteiger partial charge is 0.271 e. The molecule has 0 aromatic heterocycles. The van der Waals surface area contributed by atoms with E-state index in [2.05, 4.69) is 15.9 Å². The number of halogens is 2. The summed E-state index contributed by atoms with van der Waals surface area (Å²) in [5, 5.41) is 21.9. The molecule has 0 bridgehead atoms. The molecule has 3 aliphatic carbocycles. The van der Waals surface area contributed by atoms with Gasteiger partial charge in [-0.1, -0.05) is 29.8 Å². The number of carbonyl (C=O) groups is 4. The van der Waals surface area contributed by atoms with Crippen molar-refractivity contribution in [1.82, 2.24) is 0 Å². The van der Waals surface area contributed by atoms with E-state index < -0.39 is 63.5 Å². The van der Waals surface area contributed by atoms with Crippen LogP contribution in [0.15, 0.2) is 75.8 Å². The van der Waals surface area contributed by atoms with Gasteiger partial charge in [-0.2, -0.15) is 0 Å². The number of benzene rings is 2. The van der Waals surface area contributed by atoms with E-state index >= 15 is 0 Å². The van der Waals surface area contributed by atoms with Crippen LogP contribution in [0.2, 0.25) is 0 Å². The summed E-state index contributed by atoms with van der Waals surface area (Å²) in [5.74, 6) is -7.00. The highest BCUT2D eigenvalue weighted by molar-refractivity contribution is 9.12. The van der Waals surface area contributed by atoms with Crippen molar-refractivity contribution in [2.24, 2.45) is 17.8 Å². The molecule has 2 amide bonds. The molecule has 196 valence electrons. The number of phenols is 1. The van der Waals surface area contributed by atoms with E-state index in [0.29, 0.717) is 5.57 Å². The van der Waals surface area contributed by atoms with Crippen LogP contribution in [0.25, 0.3) is 0 Å². The Morgan fingerprint density at radius 1 is 1.05 bits per heavy atom. The molecule has 1 aliphatic heterocycles. The molecule has 6 rings (SSSR count). The van der Waals surface area contributed by atoms with Crippen LogP contribution >= 0.6 is 15.9 Å². The van der Waals surface area contributed by atoms with E-state index in [9.17, 15) is 38.8 Å². The Morgan fingerprint density at radius 2 is 1.79 bits per heavy atom. The first kappa shape index (κ1) is 25.1. The summed E-state index contributed by atoms with van der Waals surface area (Å²) >= 11 is 3.13. The van der Waals surface area contributed by atoms with Crippen LogP contribution in [-0.4, -0.2) is 33.4 Å². The Morgan fingerprint density at radius 3 is 2.54 bits per heavy atom. The Bertz CT molecular complexity index is 1640. The fourth-order valence-electron chi connectivity index (χ4n) is 6.33. The summed E-state index contributed by atoms with van der Waals surface area (Å²) in [6.07, 6.45) is 3.00. The van der Waals surface area contributed by atoms with Gasteiger partial charge < -0.3 is 5.11 Å². The highest BCUT2D eigenvalue weighted by Crippen LogP contribution is 2.56. The van der Waals surface area contributed by atoms with Crippen LogP contribution in [0, 0.1) is 33.7 Å². The number of rotatable bonds is 3. The van der Waals surface area contributed by atoms with Crippen molar-refractivity contribution in [3.05, 3.63) is 97.3 Å². The number of fused-ring (bicyclic) bond motifs is 3. The zero-order valence-electron chi connectivity index (χ0n) is 20.0. The minimum Gasteiger partial charge on any atom is -0.505 e. The van der Waals surface area contributed by atoms with Crippen LogP contribution in [0.5, 0.6) is 5.75 Å². The Labute approximate surface area is 228 Å². The predicted molar refractivity (Wildman–Crippen MR) is 138 cm³/mol. The number of anilines is 1. The molecule has 9 nitrogen and oxygen atoms in total. The lowest BCUT2D eigenvalue weighted by molar-refractivity contribution is -0.384. The molecule has 0 radical (unpaired) electrons. The maximum Gasteiger partial charge on any atom is 0.271 e. The van der Waals surface area contributed by atoms with Crippen LogP contribution in [-0.2, 0) is 19.2 Å². The van der Waals surface area contributed by atoms with E-state index in [1.54, 1.807) is 6.08 Å². The molecule has 0 spiro atoms. The fraction of sp³-hybridized carbons (Fsp3) is 0.214. The molecule has 2 aromatic carbocycles. The van der Waals surface area contributed by atoms with Crippen molar-refractivity contribution in [1.29, 1.82) is 0 Å². The average Bonchev–Trinajstić information content (AvgIpc) is 3.17. The number of para-hydroxylation sites is 1. The largest absolute Gasteiger partial charge is 0.505 e. The quantitative estimate of drug-likeness (QED) is 0.183. The van der Waals surface area contributed by atoms with Gasteiger partial charge in [-0.05, 0) is 46.8 Å². The molecular formula is C28H18BrFN2O7. The number of non-ortho nitro benzene ring substituents is 1. The molecule has 2 aromatic rings. The fourth-order valence-corrected chi connectivity index (χ4v) is 6.77. The topological polar surface area (TPSA) is 135 Å². The highest BCUT2D eigenvalue weighted by Gasteiger charge is 2.57. The lowest BCUT2D eigenvalue weighted by Gasteiger charge is -2.42. The predicted octanol–water partition coefficient (Wildman–Crippen LogP) is 4.41. The van der Waals surface area contributed by atoms with Crippen molar-refractivity contribution in [2.45, 2.75) is 18.8 Å². The molecule has 4 atom stereocenters. The van der Waals surface area contributed by atoms with Crippen LogP contribution in [0.1, 0.15) is 24.3 Å². The molecule has 1 saturated heterocycles. The number of hydrogen-bond donors (Lipinski definition) is 1. The van der Waals surface area contributed by atoms with Gasteiger partial charge >= 0.3 is 0 Å². The van der Waals surface area contributed by atoms with Gasteiger partial charge in [-0.15, -0.1) is 0 Å². The third-order valence-electron chi connectivity index (χ3n) is 7.96. The number of ketones is 2. The second-order valence-corrected chi connectivity index (χ2v) is 10.7. The highest BCUT2D eigenvalue weighted by atomic mass is 79.9. The molecule has 1 heterocycles. The van der Waals surface area contributed by atoms with Crippen molar-refractivity contribution >= 4 is 50.7 Å². The maximum absolute atomic E-state index is 14.5. The molecule has 1 fully saturated rings. The van der Waals surface area contributed by atoms with Crippen molar-refractivity contribution in [3.63, 3.8) is 0 Å². The van der Waals surface area contributed by atoms with Gasteiger partial charge in [0.2, 0.25) is 11.8 Å². The standard InChI is InChI=1S/C28H18BrFN2O7/c29-19-11-21(33)24-18(25(19)34)10-17-14(22(24)15-5-2-6-20(30)26(15)35)7-8-16-23(17)28(37)31(27(16)36)12-3-1-4-13(9-12)32(38)39/h1-7,9,11,16-17,22-23,35H,8,10H2/t16-,17+,22+,23-/m0/s1. The maximum atomic E-state index is 14.5. The van der Waals surface area contributed by atoms with E-state index in [-0.39, 0.29) is 45.4 Å². The number of hydrogen-bond acceptors (Lipinski definition) is 7. The zero-order chi connectivity index (χ0) is 27.7. The summed E-state index contributed by atoms with van der Waals surface area (Å²) in [6.45, 7) is 0. The molecule has 0 saturated carbocycles. The number of carbonyl (C=O) groups excluding carboxylic acids is 4.